The third-order valence-corrected chi connectivity index (χ3v) is 4.86. The molecule has 2 atom stereocenters. The molecule has 0 saturated heterocycles. The molecule has 2 heterocycles. The van der Waals surface area contributed by atoms with E-state index in [9.17, 15) is 14.0 Å². The summed E-state index contributed by atoms with van der Waals surface area (Å²) in [6.07, 6.45) is 4.21. The predicted molar refractivity (Wildman–Crippen MR) is 85.5 cm³/mol. The van der Waals surface area contributed by atoms with Crippen LogP contribution in [0.3, 0.4) is 0 Å². The summed E-state index contributed by atoms with van der Waals surface area (Å²) in [4.78, 5) is 25.0. The SMILES string of the molecule is O=C(c1ccc(F)cc1)c1ccc(=O)n2c1N[C@@H]1CCCC[C@@H]12. The summed E-state index contributed by atoms with van der Waals surface area (Å²) >= 11 is 0. The van der Waals surface area contributed by atoms with Crippen LogP contribution in [0.2, 0.25) is 0 Å². The molecule has 1 saturated carbocycles. The van der Waals surface area contributed by atoms with Crippen LogP contribution in [0, 0.1) is 5.82 Å². The summed E-state index contributed by atoms with van der Waals surface area (Å²) in [5.41, 5.74) is 0.827. The molecule has 1 aromatic heterocycles. The van der Waals surface area contributed by atoms with Crippen molar-refractivity contribution in [2.45, 2.75) is 37.8 Å². The smallest absolute Gasteiger partial charge is 0.252 e. The van der Waals surface area contributed by atoms with Gasteiger partial charge >= 0.3 is 0 Å². The second kappa shape index (κ2) is 5.33. The molecule has 0 amide bonds. The molecule has 0 spiro atoms. The molecule has 4 nitrogen and oxygen atoms in total. The molecule has 118 valence electrons. The molecule has 1 aliphatic heterocycles. The van der Waals surface area contributed by atoms with E-state index in [1.807, 2.05) is 0 Å². The molecule has 0 bridgehead atoms. The Labute approximate surface area is 132 Å². The fourth-order valence-corrected chi connectivity index (χ4v) is 3.73. The second-order valence-corrected chi connectivity index (χ2v) is 6.24. The van der Waals surface area contributed by atoms with Crippen LogP contribution in [0.5, 0.6) is 0 Å². The maximum Gasteiger partial charge on any atom is 0.252 e. The Morgan fingerprint density at radius 1 is 1.09 bits per heavy atom. The Hall–Kier alpha value is -2.43. The number of rotatable bonds is 2. The van der Waals surface area contributed by atoms with Crippen LogP contribution in [-0.4, -0.2) is 16.4 Å². The molecule has 5 heteroatoms. The first-order valence-electron chi connectivity index (χ1n) is 7.97. The normalized spacial score (nSPS) is 22.1. The van der Waals surface area contributed by atoms with Crippen LogP contribution in [0.25, 0.3) is 0 Å². The zero-order chi connectivity index (χ0) is 16.0. The van der Waals surface area contributed by atoms with Crippen molar-refractivity contribution in [3.63, 3.8) is 0 Å². The number of carbonyl (C=O) groups is 1. The van der Waals surface area contributed by atoms with E-state index in [4.69, 9.17) is 0 Å². The standard InChI is InChI=1S/C18H17FN2O2/c19-12-7-5-11(6-8-12)17(23)13-9-10-16(22)21-15-4-2-1-3-14(15)20-18(13)21/h5-10,14-15,20H,1-4H2/t14-,15+/m1/s1. The molecule has 23 heavy (non-hydrogen) atoms. The number of pyridine rings is 1. The van der Waals surface area contributed by atoms with Crippen molar-refractivity contribution >= 4 is 11.6 Å². The summed E-state index contributed by atoms with van der Waals surface area (Å²) in [5.74, 6) is 0.0452. The number of hydrogen-bond donors (Lipinski definition) is 1. The maximum atomic E-state index is 13.1. The number of nitrogens with zero attached hydrogens (tertiary/aromatic N) is 1. The van der Waals surface area contributed by atoms with Crippen LogP contribution in [0.15, 0.2) is 41.2 Å². The second-order valence-electron chi connectivity index (χ2n) is 6.24. The minimum absolute atomic E-state index is 0.0717. The molecule has 2 aliphatic rings. The predicted octanol–water partition coefficient (Wildman–Crippen LogP) is 3.13. The van der Waals surface area contributed by atoms with Crippen molar-refractivity contribution in [3.05, 3.63) is 63.7 Å². The van der Waals surface area contributed by atoms with Crippen LogP contribution in [-0.2, 0) is 0 Å². The number of anilines is 1. The summed E-state index contributed by atoms with van der Waals surface area (Å²) in [6.45, 7) is 0. The van der Waals surface area contributed by atoms with Gasteiger partial charge in [-0.2, -0.15) is 0 Å². The van der Waals surface area contributed by atoms with E-state index in [0.717, 1.165) is 25.7 Å². The average molecular weight is 312 g/mol. The number of hydrogen-bond acceptors (Lipinski definition) is 3. The molecule has 0 unspecified atom stereocenters. The Balaban J connectivity index is 1.80. The lowest BCUT2D eigenvalue weighted by atomic mass is 9.91. The minimum atomic E-state index is -0.375. The number of nitrogens with one attached hydrogen (secondary N) is 1. The van der Waals surface area contributed by atoms with Gasteiger partial charge in [-0.15, -0.1) is 0 Å². The lowest BCUT2D eigenvalue weighted by Gasteiger charge is -2.25. The van der Waals surface area contributed by atoms with Gasteiger partial charge in [0.2, 0.25) is 0 Å². The fourth-order valence-electron chi connectivity index (χ4n) is 3.73. The van der Waals surface area contributed by atoms with E-state index in [1.54, 1.807) is 10.6 Å². The van der Waals surface area contributed by atoms with Gasteiger partial charge in [-0.1, -0.05) is 12.8 Å². The Morgan fingerprint density at radius 2 is 1.83 bits per heavy atom. The highest BCUT2D eigenvalue weighted by atomic mass is 19.1. The van der Waals surface area contributed by atoms with Gasteiger partial charge in [0.1, 0.15) is 11.6 Å². The highest BCUT2D eigenvalue weighted by Gasteiger charge is 2.36. The zero-order valence-electron chi connectivity index (χ0n) is 12.6. The van der Waals surface area contributed by atoms with Crippen molar-refractivity contribution in [2.75, 3.05) is 5.32 Å². The Morgan fingerprint density at radius 3 is 2.61 bits per heavy atom. The number of ketones is 1. The number of halogens is 1. The van der Waals surface area contributed by atoms with Crippen LogP contribution >= 0.6 is 0 Å². The van der Waals surface area contributed by atoms with Crippen LogP contribution in [0.4, 0.5) is 10.2 Å². The summed E-state index contributed by atoms with van der Waals surface area (Å²) in [5, 5.41) is 3.38. The number of aromatic nitrogens is 1. The van der Waals surface area contributed by atoms with Crippen molar-refractivity contribution in [2.24, 2.45) is 0 Å². The van der Waals surface area contributed by atoms with E-state index in [-0.39, 0.29) is 29.2 Å². The van der Waals surface area contributed by atoms with Crippen LogP contribution in [0.1, 0.15) is 47.6 Å². The van der Waals surface area contributed by atoms with Gasteiger partial charge in [0, 0.05) is 17.7 Å². The molecule has 2 aromatic rings. The maximum absolute atomic E-state index is 13.1. The molecule has 1 fully saturated rings. The third-order valence-electron chi connectivity index (χ3n) is 4.86. The minimum Gasteiger partial charge on any atom is -0.366 e. The van der Waals surface area contributed by atoms with Gasteiger partial charge in [0.25, 0.3) is 5.56 Å². The quantitative estimate of drug-likeness (QED) is 0.867. The first kappa shape index (κ1) is 14.2. The highest BCUT2D eigenvalue weighted by Crippen LogP contribution is 2.38. The van der Waals surface area contributed by atoms with Gasteiger partial charge < -0.3 is 5.32 Å². The van der Waals surface area contributed by atoms with E-state index in [1.165, 1.54) is 30.3 Å². The van der Waals surface area contributed by atoms with Crippen LogP contribution < -0.4 is 10.9 Å². The molecular formula is C18H17FN2O2. The molecule has 1 aromatic carbocycles. The first-order chi connectivity index (χ1) is 11.1. The van der Waals surface area contributed by atoms with Gasteiger partial charge in [-0.3, -0.25) is 14.2 Å². The number of carbonyl (C=O) groups excluding carboxylic acids is 1. The highest BCUT2D eigenvalue weighted by molar-refractivity contribution is 6.12. The average Bonchev–Trinajstić information content (AvgIpc) is 2.95. The largest absolute Gasteiger partial charge is 0.366 e. The van der Waals surface area contributed by atoms with E-state index >= 15 is 0 Å². The summed E-state index contributed by atoms with van der Waals surface area (Å²) < 4.78 is 14.8. The molecular weight excluding hydrogens is 295 g/mol. The van der Waals surface area contributed by atoms with E-state index in [0.29, 0.717) is 16.9 Å². The van der Waals surface area contributed by atoms with Gasteiger partial charge in [0.15, 0.2) is 5.78 Å². The monoisotopic (exact) mass is 312 g/mol. The van der Waals surface area contributed by atoms with Crippen molar-refractivity contribution in [1.29, 1.82) is 0 Å². The Bertz CT molecular complexity index is 826. The van der Waals surface area contributed by atoms with Gasteiger partial charge in [-0.05, 0) is 43.2 Å². The van der Waals surface area contributed by atoms with E-state index < -0.39 is 0 Å². The first-order valence-corrected chi connectivity index (χ1v) is 7.97. The molecule has 4 rings (SSSR count). The summed E-state index contributed by atoms with van der Waals surface area (Å²) in [6, 6.07) is 8.88. The van der Waals surface area contributed by atoms with Crippen molar-refractivity contribution < 1.29 is 9.18 Å². The number of benzene rings is 1. The van der Waals surface area contributed by atoms with Gasteiger partial charge in [0.05, 0.1) is 11.6 Å². The third kappa shape index (κ3) is 2.27. The van der Waals surface area contributed by atoms with Crippen molar-refractivity contribution in [1.82, 2.24) is 4.57 Å². The van der Waals surface area contributed by atoms with Crippen molar-refractivity contribution in [3.8, 4) is 0 Å². The molecule has 0 radical (unpaired) electrons. The number of fused-ring (bicyclic) bond motifs is 3. The fraction of sp³-hybridized carbons (Fsp3) is 0.333. The lowest BCUT2D eigenvalue weighted by Crippen LogP contribution is -2.29. The topological polar surface area (TPSA) is 51.1 Å². The summed E-state index contributed by atoms with van der Waals surface area (Å²) in [7, 11) is 0. The lowest BCUT2D eigenvalue weighted by molar-refractivity contribution is 0.103. The molecule has 1 aliphatic carbocycles. The van der Waals surface area contributed by atoms with E-state index in [2.05, 4.69) is 5.32 Å². The Kier molecular flexibility index (Phi) is 3.29. The van der Waals surface area contributed by atoms with Gasteiger partial charge in [-0.25, -0.2) is 4.39 Å². The zero-order valence-corrected chi connectivity index (χ0v) is 12.6. The molecule has 1 N–H and O–H groups in total.